The number of halogens is 2. The average molecular weight is 442 g/mol. The lowest BCUT2D eigenvalue weighted by Crippen LogP contribution is -2.39. The largest absolute Gasteiger partial charge is 0.484 e. The Bertz CT molecular complexity index is 1220. The zero-order chi connectivity index (χ0) is 22.8. The summed E-state index contributed by atoms with van der Waals surface area (Å²) in [5.74, 6) is -2.65. The lowest BCUT2D eigenvalue weighted by Gasteiger charge is -2.19. The Labute approximate surface area is 181 Å². The molecule has 3 aromatic rings. The van der Waals surface area contributed by atoms with Crippen LogP contribution in [0.2, 0.25) is 0 Å². The highest BCUT2D eigenvalue weighted by Gasteiger charge is 2.31. The van der Waals surface area contributed by atoms with Crippen molar-refractivity contribution in [2.75, 3.05) is 6.61 Å². The minimum atomic E-state index is -0.736. The second-order valence-electron chi connectivity index (χ2n) is 7.49. The van der Waals surface area contributed by atoms with Crippen LogP contribution in [0.25, 0.3) is 10.9 Å². The predicted octanol–water partition coefficient (Wildman–Crippen LogP) is 2.07. The van der Waals surface area contributed by atoms with Crippen LogP contribution in [0.3, 0.4) is 0 Å². The van der Waals surface area contributed by atoms with Gasteiger partial charge in [-0.2, -0.15) is 5.10 Å². The van der Waals surface area contributed by atoms with E-state index in [4.69, 9.17) is 4.74 Å². The van der Waals surface area contributed by atoms with Crippen LogP contribution in [0.1, 0.15) is 30.0 Å². The average Bonchev–Trinajstić information content (AvgIpc) is 3.07. The van der Waals surface area contributed by atoms with E-state index in [1.165, 1.54) is 6.07 Å². The Morgan fingerprint density at radius 3 is 2.81 bits per heavy atom. The maximum absolute atomic E-state index is 13.6. The van der Waals surface area contributed by atoms with Crippen molar-refractivity contribution in [3.63, 3.8) is 0 Å². The number of nitrogens with one attached hydrogen (secondary N) is 2. The fourth-order valence-electron chi connectivity index (χ4n) is 3.63. The first kappa shape index (κ1) is 21.4. The number of ether oxygens (including phenoxy) is 1. The molecule has 10 heteroatoms. The van der Waals surface area contributed by atoms with E-state index in [-0.39, 0.29) is 37.0 Å². The molecule has 0 aliphatic carbocycles. The second-order valence-corrected chi connectivity index (χ2v) is 7.49. The molecule has 1 saturated heterocycles. The molecular formula is C22H20F2N4O4. The summed E-state index contributed by atoms with van der Waals surface area (Å²) in [6.07, 6.45) is 0.649. The van der Waals surface area contributed by atoms with Gasteiger partial charge in [-0.3, -0.25) is 24.4 Å². The molecule has 166 valence electrons. The zero-order valence-electron chi connectivity index (χ0n) is 17.2. The van der Waals surface area contributed by atoms with Gasteiger partial charge in [-0.25, -0.2) is 8.78 Å². The van der Waals surface area contributed by atoms with Crippen LogP contribution in [0, 0.1) is 11.6 Å². The van der Waals surface area contributed by atoms with Gasteiger partial charge < -0.3 is 10.1 Å². The van der Waals surface area contributed by atoms with Gasteiger partial charge in [0.1, 0.15) is 17.4 Å². The van der Waals surface area contributed by atoms with Crippen molar-refractivity contribution in [2.24, 2.45) is 7.05 Å². The number of aromatic nitrogens is 2. The number of aryl methyl sites for hydroxylation is 1. The van der Waals surface area contributed by atoms with Crippen LogP contribution < -0.4 is 15.4 Å². The summed E-state index contributed by atoms with van der Waals surface area (Å²) < 4.78 is 33.7. The van der Waals surface area contributed by atoms with E-state index in [9.17, 15) is 23.2 Å². The molecule has 2 heterocycles. The molecule has 0 bridgehead atoms. The summed E-state index contributed by atoms with van der Waals surface area (Å²) >= 11 is 0. The zero-order valence-corrected chi connectivity index (χ0v) is 17.2. The summed E-state index contributed by atoms with van der Waals surface area (Å²) in [7, 11) is 1.73. The Morgan fingerprint density at radius 2 is 2.06 bits per heavy atom. The molecule has 1 atom stereocenters. The van der Waals surface area contributed by atoms with Gasteiger partial charge in [-0.15, -0.1) is 0 Å². The summed E-state index contributed by atoms with van der Waals surface area (Å²) in [5, 5.41) is 10.1. The van der Waals surface area contributed by atoms with Crippen molar-refractivity contribution in [1.29, 1.82) is 0 Å². The van der Waals surface area contributed by atoms with E-state index in [1.807, 2.05) is 0 Å². The maximum atomic E-state index is 13.6. The first-order chi connectivity index (χ1) is 15.3. The van der Waals surface area contributed by atoms with Gasteiger partial charge in [0.25, 0.3) is 5.91 Å². The van der Waals surface area contributed by atoms with Crippen LogP contribution in [0.5, 0.6) is 5.75 Å². The minimum absolute atomic E-state index is 0.0929. The van der Waals surface area contributed by atoms with E-state index >= 15 is 0 Å². The Kier molecular flexibility index (Phi) is 5.85. The maximum Gasteiger partial charge on any atom is 0.258 e. The first-order valence-corrected chi connectivity index (χ1v) is 9.95. The summed E-state index contributed by atoms with van der Waals surface area (Å²) in [4.78, 5) is 35.7. The quantitative estimate of drug-likeness (QED) is 0.569. The fourth-order valence-corrected chi connectivity index (χ4v) is 3.63. The molecule has 0 radical (unpaired) electrons. The lowest BCUT2D eigenvalue weighted by atomic mass is 9.93. The van der Waals surface area contributed by atoms with E-state index < -0.39 is 23.5 Å². The molecule has 0 spiro atoms. The summed E-state index contributed by atoms with van der Waals surface area (Å²) in [6.45, 7) is -0.392. The van der Waals surface area contributed by atoms with Crippen molar-refractivity contribution in [1.82, 2.24) is 20.4 Å². The molecule has 1 aliphatic heterocycles. The number of rotatable bonds is 6. The van der Waals surface area contributed by atoms with Crippen molar-refractivity contribution < 1.29 is 27.9 Å². The van der Waals surface area contributed by atoms with E-state index in [2.05, 4.69) is 15.7 Å². The second kappa shape index (κ2) is 8.74. The molecule has 4 rings (SSSR count). The van der Waals surface area contributed by atoms with E-state index in [0.29, 0.717) is 23.4 Å². The molecule has 1 aliphatic rings. The molecule has 1 aromatic heterocycles. The summed E-state index contributed by atoms with van der Waals surface area (Å²) in [5.41, 5.74) is 1.45. The molecule has 1 unspecified atom stereocenters. The standard InChI is InChI=1S/C22H20F2N4O4/c1-28-18-9-14(32-11-20(30)25-10-12-2-3-13(23)8-17(12)24)4-5-15(18)21(27-28)16-6-7-19(29)26-22(16)31/h2-5,8-9,16H,6-7,10-11H2,1H3,(H,25,30)(H,26,29,31). The third-order valence-corrected chi connectivity index (χ3v) is 5.28. The van der Waals surface area contributed by atoms with Crippen molar-refractivity contribution in [2.45, 2.75) is 25.3 Å². The molecule has 2 aromatic carbocycles. The third kappa shape index (κ3) is 4.43. The molecule has 0 saturated carbocycles. The normalized spacial score (nSPS) is 16.2. The van der Waals surface area contributed by atoms with Crippen LogP contribution in [0.15, 0.2) is 36.4 Å². The van der Waals surface area contributed by atoms with E-state index in [0.717, 1.165) is 17.5 Å². The number of nitrogens with zero attached hydrogens (tertiary/aromatic N) is 2. The van der Waals surface area contributed by atoms with Gasteiger partial charge in [-0.05, 0) is 24.6 Å². The fraction of sp³-hybridized carbons (Fsp3) is 0.273. The predicted molar refractivity (Wildman–Crippen MR) is 110 cm³/mol. The Morgan fingerprint density at radius 1 is 1.25 bits per heavy atom. The molecule has 3 amide bonds. The molecule has 32 heavy (non-hydrogen) atoms. The van der Waals surface area contributed by atoms with Crippen molar-refractivity contribution >= 4 is 28.6 Å². The number of piperidine rings is 1. The molecule has 2 N–H and O–H groups in total. The summed E-state index contributed by atoms with van der Waals surface area (Å²) in [6, 6.07) is 8.25. The molecule has 8 nitrogen and oxygen atoms in total. The highest BCUT2D eigenvalue weighted by molar-refractivity contribution is 6.02. The lowest BCUT2D eigenvalue weighted by molar-refractivity contribution is -0.134. The van der Waals surface area contributed by atoms with Gasteiger partial charge >= 0.3 is 0 Å². The topological polar surface area (TPSA) is 102 Å². The van der Waals surface area contributed by atoms with Gasteiger partial charge in [-0.1, -0.05) is 6.07 Å². The number of hydrogen-bond acceptors (Lipinski definition) is 5. The van der Waals surface area contributed by atoms with Crippen LogP contribution >= 0.6 is 0 Å². The van der Waals surface area contributed by atoms with Crippen molar-refractivity contribution in [3.05, 3.63) is 59.3 Å². The van der Waals surface area contributed by atoms with E-state index in [1.54, 1.807) is 29.9 Å². The van der Waals surface area contributed by atoms with Crippen LogP contribution in [0.4, 0.5) is 8.78 Å². The van der Waals surface area contributed by atoms with Gasteiger partial charge in [0, 0.05) is 43.1 Å². The number of carbonyl (C=O) groups is 3. The van der Waals surface area contributed by atoms with Gasteiger partial charge in [0.15, 0.2) is 6.61 Å². The Balaban J connectivity index is 1.41. The number of benzene rings is 2. The smallest absolute Gasteiger partial charge is 0.258 e. The Hall–Kier alpha value is -3.82. The molecule has 1 fully saturated rings. The first-order valence-electron chi connectivity index (χ1n) is 9.95. The highest BCUT2D eigenvalue weighted by atomic mass is 19.1. The van der Waals surface area contributed by atoms with Crippen LogP contribution in [-0.2, 0) is 28.0 Å². The number of imide groups is 1. The number of amides is 3. The highest BCUT2D eigenvalue weighted by Crippen LogP contribution is 2.31. The SMILES string of the molecule is Cn1nc(C2CCC(=O)NC2=O)c2ccc(OCC(=O)NCc3ccc(F)cc3F)cc21. The third-order valence-electron chi connectivity index (χ3n) is 5.28. The number of fused-ring (bicyclic) bond motifs is 1. The van der Waals surface area contributed by atoms with Gasteiger partial charge in [0.05, 0.1) is 17.1 Å². The molecular weight excluding hydrogens is 422 g/mol. The van der Waals surface area contributed by atoms with Gasteiger partial charge in [0.2, 0.25) is 11.8 Å². The number of hydrogen-bond donors (Lipinski definition) is 2. The minimum Gasteiger partial charge on any atom is -0.484 e. The number of carbonyl (C=O) groups excluding carboxylic acids is 3. The van der Waals surface area contributed by atoms with Crippen LogP contribution in [-0.4, -0.2) is 34.1 Å². The van der Waals surface area contributed by atoms with Crippen molar-refractivity contribution in [3.8, 4) is 5.75 Å². The monoisotopic (exact) mass is 442 g/mol.